The highest BCUT2D eigenvalue weighted by Crippen LogP contribution is 2.27. The van der Waals surface area contributed by atoms with Crippen molar-refractivity contribution in [3.63, 3.8) is 0 Å². The fourth-order valence-corrected chi connectivity index (χ4v) is 4.02. The number of carbonyl (C=O) groups is 2. The topological polar surface area (TPSA) is 49.4 Å². The zero-order chi connectivity index (χ0) is 18.1. The van der Waals surface area contributed by atoms with Crippen LogP contribution in [0.25, 0.3) is 0 Å². The third kappa shape index (κ3) is 3.47. The second-order valence-electron chi connectivity index (χ2n) is 7.09. The van der Waals surface area contributed by atoms with Crippen molar-refractivity contribution in [3.8, 4) is 0 Å². The summed E-state index contributed by atoms with van der Waals surface area (Å²) < 4.78 is 0. The predicted molar refractivity (Wildman–Crippen MR) is 102 cm³/mol. The number of rotatable bonds is 4. The molecule has 0 radical (unpaired) electrons. The van der Waals surface area contributed by atoms with Crippen LogP contribution >= 0.6 is 11.6 Å². The van der Waals surface area contributed by atoms with Crippen LogP contribution in [0.1, 0.15) is 29.5 Å². The number of nitrogens with zero attached hydrogens (tertiary/aromatic N) is 1. The molecular formula is C21H21ClN2O2. The molecule has 4 rings (SSSR count). The smallest absolute Gasteiger partial charge is 0.229 e. The van der Waals surface area contributed by atoms with Crippen molar-refractivity contribution < 1.29 is 9.59 Å². The summed E-state index contributed by atoms with van der Waals surface area (Å²) >= 11 is 6.19. The average molecular weight is 369 g/mol. The third-order valence-corrected chi connectivity index (χ3v) is 5.64. The largest absolute Gasteiger partial charge is 0.337 e. The molecule has 2 aromatic carbocycles. The molecule has 2 aliphatic rings. The molecule has 4 nitrogen and oxygen atoms in total. The van der Waals surface area contributed by atoms with E-state index in [1.54, 1.807) is 4.90 Å². The molecule has 1 aliphatic carbocycles. The molecule has 1 saturated heterocycles. The molecule has 2 amide bonds. The minimum absolute atomic E-state index is 0.000905. The molecule has 0 unspecified atom stereocenters. The normalized spacial score (nSPS) is 18.9. The molecule has 0 aromatic heterocycles. The second kappa shape index (κ2) is 7.12. The van der Waals surface area contributed by atoms with Crippen molar-refractivity contribution in [2.75, 3.05) is 11.9 Å². The number of halogens is 1. The lowest BCUT2D eigenvalue weighted by Crippen LogP contribution is -2.28. The maximum absolute atomic E-state index is 12.6. The Hall–Kier alpha value is -2.33. The summed E-state index contributed by atoms with van der Waals surface area (Å²) in [5.41, 5.74) is 4.44. The molecule has 0 bridgehead atoms. The van der Waals surface area contributed by atoms with E-state index in [1.165, 1.54) is 17.5 Å². The van der Waals surface area contributed by atoms with Gasteiger partial charge in [-0.05, 0) is 54.2 Å². The average Bonchev–Trinajstić information content (AvgIpc) is 3.23. The van der Waals surface area contributed by atoms with Crippen LogP contribution in [-0.2, 0) is 29.0 Å². The van der Waals surface area contributed by atoms with E-state index in [2.05, 4.69) is 17.4 Å². The Labute approximate surface area is 158 Å². The maximum Gasteiger partial charge on any atom is 0.229 e. The highest BCUT2D eigenvalue weighted by Gasteiger charge is 2.34. The van der Waals surface area contributed by atoms with Crippen molar-refractivity contribution >= 4 is 29.1 Å². The Kier molecular flexibility index (Phi) is 4.68. The van der Waals surface area contributed by atoms with Gasteiger partial charge in [-0.3, -0.25) is 9.59 Å². The van der Waals surface area contributed by atoms with Crippen LogP contribution in [0, 0.1) is 5.92 Å². The van der Waals surface area contributed by atoms with E-state index in [0.717, 1.165) is 24.1 Å². The molecule has 1 heterocycles. The van der Waals surface area contributed by atoms with Gasteiger partial charge in [-0.15, -0.1) is 0 Å². The van der Waals surface area contributed by atoms with Crippen LogP contribution in [0.2, 0.25) is 5.02 Å². The van der Waals surface area contributed by atoms with Gasteiger partial charge in [0.05, 0.1) is 5.92 Å². The number of benzene rings is 2. The standard InChI is InChI=1S/C21H21ClN2O2/c22-19-7-2-1-4-16(19)12-24-13-17(11-20(24)25)21(26)23-18-9-8-14-5-3-6-15(14)10-18/h1-2,4,7-10,17H,3,5-6,11-13H2,(H,23,26)/t17-/m0/s1. The minimum Gasteiger partial charge on any atom is -0.337 e. The van der Waals surface area contributed by atoms with Crippen LogP contribution in [0.15, 0.2) is 42.5 Å². The van der Waals surface area contributed by atoms with Crippen molar-refractivity contribution in [1.29, 1.82) is 0 Å². The molecule has 0 spiro atoms. The van der Waals surface area contributed by atoms with Crippen LogP contribution < -0.4 is 5.32 Å². The predicted octanol–water partition coefficient (Wildman–Crippen LogP) is 3.82. The van der Waals surface area contributed by atoms with Crippen LogP contribution in [0.3, 0.4) is 0 Å². The van der Waals surface area contributed by atoms with E-state index >= 15 is 0 Å². The Bertz CT molecular complexity index is 865. The summed E-state index contributed by atoms with van der Waals surface area (Å²) in [4.78, 5) is 26.6. The minimum atomic E-state index is -0.321. The summed E-state index contributed by atoms with van der Waals surface area (Å²) in [5, 5.41) is 3.63. The van der Waals surface area contributed by atoms with Gasteiger partial charge in [-0.1, -0.05) is 35.9 Å². The molecule has 1 fully saturated rings. The van der Waals surface area contributed by atoms with Gasteiger partial charge in [0.15, 0.2) is 0 Å². The van der Waals surface area contributed by atoms with E-state index in [4.69, 9.17) is 11.6 Å². The summed E-state index contributed by atoms with van der Waals surface area (Å²) in [6.07, 6.45) is 3.63. The number of amides is 2. The first kappa shape index (κ1) is 17.1. The van der Waals surface area contributed by atoms with Gasteiger partial charge in [0.1, 0.15) is 0 Å². The number of carbonyl (C=O) groups excluding carboxylic acids is 2. The van der Waals surface area contributed by atoms with Crippen LogP contribution in [0.5, 0.6) is 0 Å². The molecule has 1 aliphatic heterocycles. The summed E-state index contributed by atoms with van der Waals surface area (Å²) in [5.74, 6) is -0.407. The highest BCUT2D eigenvalue weighted by molar-refractivity contribution is 6.31. The first-order chi connectivity index (χ1) is 12.6. The quantitative estimate of drug-likeness (QED) is 0.891. The number of likely N-dealkylation sites (tertiary alicyclic amines) is 1. The Morgan fingerprint density at radius 3 is 2.81 bits per heavy atom. The Balaban J connectivity index is 1.40. The van der Waals surface area contributed by atoms with Crippen LogP contribution in [-0.4, -0.2) is 23.3 Å². The highest BCUT2D eigenvalue weighted by atomic mass is 35.5. The van der Waals surface area contributed by atoms with Crippen LogP contribution in [0.4, 0.5) is 5.69 Å². The first-order valence-electron chi connectivity index (χ1n) is 9.04. The van der Waals surface area contributed by atoms with Gasteiger partial charge in [0, 0.05) is 30.2 Å². The van der Waals surface area contributed by atoms with Crippen molar-refractivity contribution in [3.05, 3.63) is 64.2 Å². The van der Waals surface area contributed by atoms with Gasteiger partial charge in [-0.2, -0.15) is 0 Å². The molecule has 26 heavy (non-hydrogen) atoms. The molecule has 5 heteroatoms. The number of nitrogens with one attached hydrogen (secondary N) is 1. The Morgan fingerprint density at radius 2 is 1.96 bits per heavy atom. The fraction of sp³-hybridized carbons (Fsp3) is 0.333. The summed E-state index contributed by atoms with van der Waals surface area (Å²) in [6, 6.07) is 13.6. The SMILES string of the molecule is O=C(Nc1ccc2c(c1)CCC2)[C@H]1CC(=O)N(Cc2ccccc2Cl)C1. The van der Waals surface area contributed by atoms with Gasteiger partial charge in [0.2, 0.25) is 11.8 Å². The molecule has 0 saturated carbocycles. The number of hydrogen-bond donors (Lipinski definition) is 1. The molecule has 1 N–H and O–H groups in total. The Morgan fingerprint density at radius 1 is 1.15 bits per heavy atom. The van der Waals surface area contributed by atoms with Gasteiger partial charge in [0.25, 0.3) is 0 Å². The van der Waals surface area contributed by atoms with Crippen molar-refractivity contribution in [1.82, 2.24) is 4.90 Å². The fourth-order valence-electron chi connectivity index (χ4n) is 3.83. The zero-order valence-corrected chi connectivity index (χ0v) is 15.3. The lowest BCUT2D eigenvalue weighted by Gasteiger charge is -2.17. The maximum atomic E-state index is 12.6. The molecule has 2 aromatic rings. The molecule has 134 valence electrons. The van der Waals surface area contributed by atoms with Gasteiger partial charge < -0.3 is 10.2 Å². The van der Waals surface area contributed by atoms with Crippen molar-refractivity contribution in [2.24, 2.45) is 5.92 Å². The number of aryl methyl sites for hydroxylation is 2. The van der Waals surface area contributed by atoms with Gasteiger partial charge in [-0.25, -0.2) is 0 Å². The lowest BCUT2D eigenvalue weighted by atomic mass is 10.1. The monoisotopic (exact) mass is 368 g/mol. The number of fused-ring (bicyclic) bond motifs is 1. The summed E-state index contributed by atoms with van der Waals surface area (Å²) in [7, 11) is 0. The third-order valence-electron chi connectivity index (χ3n) is 5.27. The van der Waals surface area contributed by atoms with E-state index in [0.29, 0.717) is 18.1 Å². The molecular weight excluding hydrogens is 348 g/mol. The number of hydrogen-bond acceptors (Lipinski definition) is 2. The zero-order valence-electron chi connectivity index (χ0n) is 14.5. The van der Waals surface area contributed by atoms with E-state index < -0.39 is 0 Å². The van der Waals surface area contributed by atoms with Crippen molar-refractivity contribution in [2.45, 2.75) is 32.2 Å². The lowest BCUT2D eigenvalue weighted by molar-refractivity contribution is -0.128. The van der Waals surface area contributed by atoms with E-state index in [1.807, 2.05) is 30.3 Å². The first-order valence-corrected chi connectivity index (χ1v) is 9.42. The van der Waals surface area contributed by atoms with Gasteiger partial charge >= 0.3 is 0 Å². The van der Waals surface area contributed by atoms with E-state index in [-0.39, 0.29) is 24.2 Å². The number of anilines is 1. The second-order valence-corrected chi connectivity index (χ2v) is 7.50. The van der Waals surface area contributed by atoms with E-state index in [9.17, 15) is 9.59 Å². The summed E-state index contributed by atoms with van der Waals surface area (Å²) in [6.45, 7) is 0.877. The molecule has 1 atom stereocenters.